The first kappa shape index (κ1) is 12.4. The van der Waals surface area contributed by atoms with Crippen molar-refractivity contribution in [2.45, 2.75) is 39.0 Å². The molecule has 0 radical (unpaired) electrons. The highest BCUT2D eigenvalue weighted by Gasteiger charge is 2.16. The van der Waals surface area contributed by atoms with Gasteiger partial charge in [-0.2, -0.15) is 0 Å². The second-order valence-electron chi connectivity index (χ2n) is 4.87. The number of halogens is 1. The lowest BCUT2D eigenvalue weighted by atomic mass is 9.88. The van der Waals surface area contributed by atoms with Gasteiger partial charge in [-0.15, -0.1) is 0 Å². The van der Waals surface area contributed by atoms with Gasteiger partial charge in [-0.05, 0) is 54.9 Å². The number of benzene rings is 1. The Bertz CT molecular complexity index is 440. The molecular weight excluding hydrogens is 236 g/mol. The van der Waals surface area contributed by atoms with Crippen LogP contribution < -0.4 is 0 Å². The summed E-state index contributed by atoms with van der Waals surface area (Å²) >= 11 is 6.26. The van der Waals surface area contributed by atoms with Gasteiger partial charge in [0.1, 0.15) is 0 Å². The molecular formula is C14H17ClO2. The molecule has 2 rings (SSSR count). The third-order valence-electron chi connectivity index (χ3n) is 3.43. The molecule has 1 aromatic rings. The van der Waals surface area contributed by atoms with Crippen LogP contribution >= 0.6 is 11.6 Å². The SMILES string of the molecule is CC(Cc1cc(Cl)c2c(c1)CCCC2)C(=O)O. The van der Waals surface area contributed by atoms with Crippen molar-refractivity contribution in [1.29, 1.82) is 0 Å². The Morgan fingerprint density at radius 2 is 2.12 bits per heavy atom. The number of carboxylic acid groups (broad SMARTS) is 1. The highest BCUT2D eigenvalue weighted by molar-refractivity contribution is 6.31. The van der Waals surface area contributed by atoms with Crippen molar-refractivity contribution in [3.63, 3.8) is 0 Å². The lowest BCUT2D eigenvalue weighted by Crippen LogP contribution is -2.13. The van der Waals surface area contributed by atoms with E-state index < -0.39 is 5.97 Å². The zero-order valence-electron chi connectivity index (χ0n) is 10.0. The largest absolute Gasteiger partial charge is 0.481 e. The van der Waals surface area contributed by atoms with Gasteiger partial charge in [0.25, 0.3) is 0 Å². The maximum Gasteiger partial charge on any atom is 0.306 e. The van der Waals surface area contributed by atoms with Crippen molar-refractivity contribution in [2.75, 3.05) is 0 Å². The van der Waals surface area contributed by atoms with Crippen molar-refractivity contribution < 1.29 is 9.90 Å². The highest BCUT2D eigenvalue weighted by atomic mass is 35.5. The maximum absolute atomic E-state index is 10.8. The van der Waals surface area contributed by atoms with E-state index in [0.29, 0.717) is 6.42 Å². The number of aryl methyl sites for hydroxylation is 1. The smallest absolute Gasteiger partial charge is 0.306 e. The molecule has 1 N–H and O–H groups in total. The topological polar surface area (TPSA) is 37.3 Å². The first-order valence-corrected chi connectivity index (χ1v) is 6.48. The monoisotopic (exact) mass is 252 g/mol. The normalized spacial score (nSPS) is 16.4. The van der Waals surface area contributed by atoms with Gasteiger partial charge in [-0.1, -0.05) is 24.6 Å². The molecule has 0 fully saturated rings. The van der Waals surface area contributed by atoms with Crippen LogP contribution in [0.1, 0.15) is 36.5 Å². The zero-order chi connectivity index (χ0) is 12.4. The maximum atomic E-state index is 10.8. The molecule has 0 spiro atoms. The van der Waals surface area contributed by atoms with E-state index in [9.17, 15) is 4.79 Å². The molecule has 1 aromatic carbocycles. The van der Waals surface area contributed by atoms with E-state index in [-0.39, 0.29) is 5.92 Å². The lowest BCUT2D eigenvalue weighted by molar-refractivity contribution is -0.141. The fourth-order valence-electron chi connectivity index (χ4n) is 2.43. The minimum Gasteiger partial charge on any atom is -0.481 e. The van der Waals surface area contributed by atoms with E-state index in [1.165, 1.54) is 24.0 Å². The van der Waals surface area contributed by atoms with Crippen LogP contribution in [-0.2, 0) is 24.1 Å². The van der Waals surface area contributed by atoms with Crippen LogP contribution in [0.3, 0.4) is 0 Å². The Labute approximate surface area is 107 Å². The summed E-state index contributed by atoms with van der Waals surface area (Å²) in [6.45, 7) is 1.73. The van der Waals surface area contributed by atoms with E-state index in [1.807, 2.05) is 6.07 Å². The summed E-state index contributed by atoms with van der Waals surface area (Å²) in [6.07, 6.45) is 5.11. The molecule has 0 bridgehead atoms. The summed E-state index contributed by atoms with van der Waals surface area (Å²) in [4.78, 5) is 10.8. The summed E-state index contributed by atoms with van der Waals surface area (Å²) in [5, 5.41) is 9.73. The van der Waals surface area contributed by atoms with Crippen LogP contribution in [0, 0.1) is 5.92 Å². The van der Waals surface area contributed by atoms with Crippen molar-refractivity contribution in [2.24, 2.45) is 5.92 Å². The van der Waals surface area contributed by atoms with E-state index in [1.54, 1.807) is 6.92 Å². The van der Waals surface area contributed by atoms with Gasteiger partial charge in [0.15, 0.2) is 0 Å². The minimum atomic E-state index is -0.751. The third kappa shape index (κ3) is 2.81. The van der Waals surface area contributed by atoms with Crippen LogP contribution in [0.4, 0.5) is 0 Å². The first-order valence-electron chi connectivity index (χ1n) is 6.11. The third-order valence-corrected chi connectivity index (χ3v) is 3.77. The first-order chi connectivity index (χ1) is 8.08. The number of hydrogen-bond acceptors (Lipinski definition) is 1. The van der Waals surface area contributed by atoms with Crippen LogP contribution in [0.25, 0.3) is 0 Å². The van der Waals surface area contributed by atoms with Gasteiger partial charge in [-0.3, -0.25) is 4.79 Å². The summed E-state index contributed by atoms with van der Waals surface area (Å²) in [5.74, 6) is -1.11. The molecule has 1 unspecified atom stereocenters. The summed E-state index contributed by atoms with van der Waals surface area (Å²) in [7, 11) is 0. The summed E-state index contributed by atoms with van der Waals surface area (Å²) < 4.78 is 0. The van der Waals surface area contributed by atoms with Crippen LogP contribution in [0.15, 0.2) is 12.1 Å². The quantitative estimate of drug-likeness (QED) is 0.894. The molecule has 92 valence electrons. The molecule has 0 saturated carbocycles. The van der Waals surface area contributed by atoms with Crippen molar-refractivity contribution >= 4 is 17.6 Å². The Morgan fingerprint density at radius 3 is 2.82 bits per heavy atom. The minimum absolute atomic E-state index is 0.354. The van der Waals surface area contributed by atoms with Gasteiger partial charge in [0.05, 0.1) is 5.92 Å². The van der Waals surface area contributed by atoms with E-state index in [4.69, 9.17) is 16.7 Å². The van der Waals surface area contributed by atoms with Gasteiger partial charge in [0.2, 0.25) is 0 Å². The van der Waals surface area contributed by atoms with Crippen LogP contribution in [0.5, 0.6) is 0 Å². The van der Waals surface area contributed by atoms with Crippen molar-refractivity contribution in [3.8, 4) is 0 Å². The Morgan fingerprint density at radius 1 is 1.41 bits per heavy atom. The number of carbonyl (C=O) groups is 1. The van der Waals surface area contributed by atoms with Gasteiger partial charge >= 0.3 is 5.97 Å². The molecule has 17 heavy (non-hydrogen) atoms. The molecule has 1 aliphatic rings. The summed E-state index contributed by atoms with van der Waals surface area (Å²) in [6, 6.07) is 4.07. The fourth-order valence-corrected chi connectivity index (χ4v) is 2.79. The molecule has 0 heterocycles. The molecule has 0 aromatic heterocycles. The predicted molar refractivity (Wildman–Crippen MR) is 68.6 cm³/mol. The average molecular weight is 253 g/mol. The Hall–Kier alpha value is -1.02. The molecule has 0 amide bonds. The van der Waals surface area contributed by atoms with Gasteiger partial charge < -0.3 is 5.11 Å². The van der Waals surface area contributed by atoms with Crippen LogP contribution in [-0.4, -0.2) is 11.1 Å². The number of hydrogen-bond donors (Lipinski definition) is 1. The van der Waals surface area contributed by atoms with Gasteiger partial charge in [-0.25, -0.2) is 0 Å². The van der Waals surface area contributed by atoms with Gasteiger partial charge in [0, 0.05) is 5.02 Å². The average Bonchev–Trinajstić information content (AvgIpc) is 2.29. The number of fused-ring (bicyclic) bond motifs is 1. The highest BCUT2D eigenvalue weighted by Crippen LogP contribution is 2.30. The van der Waals surface area contributed by atoms with E-state index in [0.717, 1.165) is 23.4 Å². The molecule has 0 saturated heterocycles. The second kappa shape index (κ2) is 5.09. The fraction of sp³-hybridized carbons (Fsp3) is 0.500. The molecule has 0 aliphatic heterocycles. The Balaban J connectivity index is 2.25. The van der Waals surface area contributed by atoms with Crippen molar-refractivity contribution in [1.82, 2.24) is 0 Å². The lowest BCUT2D eigenvalue weighted by Gasteiger charge is -2.19. The number of carboxylic acids is 1. The van der Waals surface area contributed by atoms with E-state index >= 15 is 0 Å². The zero-order valence-corrected chi connectivity index (χ0v) is 10.8. The second-order valence-corrected chi connectivity index (χ2v) is 5.27. The molecule has 1 aliphatic carbocycles. The predicted octanol–water partition coefficient (Wildman–Crippen LogP) is 3.48. The summed E-state index contributed by atoms with van der Waals surface area (Å²) in [5.41, 5.74) is 3.63. The standard InChI is InChI=1S/C14H17ClO2/c1-9(14(16)17)6-10-7-11-4-2-3-5-12(11)13(15)8-10/h7-9H,2-6H2,1H3,(H,16,17). The van der Waals surface area contributed by atoms with Crippen LogP contribution in [0.2, 0.25) is 5.02 Å². The molecule has 2 nitrogen and oxygen atoms in total. The Kier molecular flexibility index (Phi) is 3.72. The van der Waals surface area contributed by atoms with E-state index in [2.05, 4.69) is 6.07 Å². The number of rotatable bonds is 3. The van der Waals surface area contributed by atoms with Crippen molar-refractivity contribution in [3.05, 3.63) is 33.8 Å². The molecule has 1 atom stereocenters. The number of aliphatic carboxylic acids is 1. The molecule has 3 heteroatoms.